The van der Waals surface area contributed by atoms with Gasteiger partial charge in [0.25, 0.3) is 0 Å². The molecular weight excluding hydrogens is 414 g/mol. The van der Waals surface area contributed by atoms with Crippen LogP contribution in [0, 0.1) is 5.41 Å². The second-order valence-corrected chi connectivity index (χ2v) is 7.71. The van der Waals surface area contributed by atoms with Gasteiger partial charge in [-0.25, -0.2) is 0 Å². The van der Waals surface area contributed by atoms with Crippen molar-refractivity contribution in [3.8, 4) is 5.75 Å². The lowest BCUT2D eigenvalue weighted by molar-refractivity contribution is -0.169. The normalized spacial score (nSPS) is 20.7. The fourth-order valence-electron chi connectivity index (χ4n) is 3.75. The summed E-state index contributed by atoms with van der Waals surface area (Å²) >= 11 is 0. The van der Waals surface area contributed by atoms with Gasteiger partial charge in [-0.1, -0.05) is 24.3 Å². The van der Waals surface area contributed by atoms with Crippen molar-refractivity contribution in [3.63, 3.8) is 0 Å². The predicted molar refractivity (Wildman–Crippen MR) is 118 cm³/mol. The van der Waals surface area contributed by atoms with E-state index in [1.165, 1.54) is 21.3 Å². The summed E-state index contributed by atoms with van der Waals surface area (Å²) in [4.78, 5) is 37.4. The Kier molecular flexibility index (Phi) is 10.2. The van der Waals surface area contributed by atoms with Gasteiger partial charge in [-0.05, 0) is 62.8 Å². The SMILES string of the molecule is COC(=O)[C@@H]1Cc2ccc(cc2)OCCCCC(C(=O)OC)(C(=O)OC)C/C=C\CCN1. The smallest absolute Gasteiger partial charge is 0.323 e. The van der Waals surface area contributed by atoms with Crippen molar-refractivity contribution in [1.29, 1.82) is 0 Å². The molecule has 176 valence electrons. The maximum absolute atomic E-state index is 12.6. The predicted octanol–water partition coefficient (Wildman–Crippen LogP) is 2.59. The molecule has 0 saturated heterocycles. The first-order valence-corrected chi connectivity index (χ1v) is 10.8. The number of ether oxygens (including phenoxy) is 4. The summed E-state index contributed by atoms with van der Waals surface area (Å²) in [5.41, 5.74) is -0.396. The van der Waals surface area contributed by atoms with Crippen LogP contribution in [0.3, 0.4) is 0 Å². The zero-order chi connectivity index (χ0) is 23.4. The third kappa shape index (κ3) is 6.82. The number of carbonyl (C=O) groups is 3. The average Bonchev–Trinajstić information content (AvgIpc) is 2.82. The summed E-state index contributed by atoms with van der Waals surface area (Å²) in [5, 5.41) is 3.21. The van der Waals surface area contributed by atoms with Crippen LogP contribution < -0.4 is 10.1 Å². The second kappa shape index (κ2) is 12.9. The number of hydrogen-bond acceptors (Lipinski definition) is 8. The summed E-state index contributed by atoms with van der Waals surface area (Å²) < 4.78 is 20.6. The standard InChI is InChI=1S/C24H33NO7/c1-29-21(26)20-17-18-9-11-19(12-10-18)32-16-8-6-14-24(22(27)30-2,23(28)31-3)13-5-4-7-15-25-20/h4-5,9-12,20,25H,6-8,13-17H2,1-3H3/b5-4-/t20-/m0/s1. The fraction of sp³-hybridized carbons (Fsp3) is 0.542. The topological polar surface area (TPSA) is 100 Å². The Morgan fingerprint density at radius 2 is 1.66 bits per heavy atom. The van der Waals surface area contributed by atoms with E-state index in [-0.39, 0.29) is 12.4 Å². The average molecular weight is 448 g/mol. The molecule has 0 saturated carbocycles. The number of esters is 3. The highest BCUT2D eigenvalue weighted by molar-refractivity contribution is 6.00. The molecule has 2 aliphatic heterocycles. The number of hydrogen-bond donors (Lipinski definition) is 1. The monoisotopic (exact) mass is 447 g/mol. The van der Waals surface area contributed by atoms with E-state index in [9.17, 15) is 14.4 Å². The first-order valence-electron chi connectivity index (χ1n) is 10.8. The Balaban J connectivity index is 2.22. The van der Waals surface area contributed by atoms with Crippen molar-refractivity contribution in [2.75, 3.05) is 34.5 Å². The second-order valence-electron chi connectivity index (χ2n) is 7.71. The molecule has 0 aromatic heterocycles. The van der Waals surface area contributed by atoms with E-state index in [0.29, 0.717) is 51.0 Å². The van der Waals surface area contributed by atoms with Crippen molar-refractivity contribution in [2.24, 2.45) is 5.41 Å². The molecule has 2 bridgehead atoms. The molecule has 3 rings (SSSR count). The molecule has 0 amide bonds. The summed E-state index contributed by atoms with van der Waals surface area (Å²) in [6, 6.07) is 7.10. The molecule has 8 nitrogen and oxygen atoms in total. The van der Waals surface area contributed by atoms with Gasteiger partial charge in [-0.3, -0.25) is 14.4 Å². The van der Waals surface area contributed by atoms with Crippen LogP contribution in [-0.2, 0) is 35.0 Å². The van der Waals surface area contributed by atoms with Crippen LogP contribution in [0.15, 0.2) is 36.4 Å². The maximum Gasteiger partial charge on any atom is 0.323 e. The van der Waals surface area contributed by atoms with Crippen molar-refractivity contribution < 1.29 is 33.3 Å². The van der Waals surface area contributed by atoms with Gasteiger partial charge >= 0.3 is 17.9 Å². The number of fused-ring (bicyclic) bond motifs is 14. The van der Waals surface area contributed by atoms with Crippen LogP contribution in [0.1, 0.15) is 37.7 Å². The minimum absolute atomic E-state index is 0.175. The number of benzene rings is 1. The van der Waals surface area contributed by atoms with E-state index in [4.69, 9.17) is 18.9 Å². The molecule has 32 heavy (non-hydrogen) atoms. The van der Waals surface area contributed by atoms with Gasteiger partial charge in [0.15, 0.2) is 5.41 Å². The van der Waals surface area contributed by atoms with Gasteiger partial charge in [0.05, 0.1) is 27.9 Å². The highest BCUT2D eigenvalue weighted by atomic mass is 16.5. The molecule has 1 aromatic carbocycles. The van der Waals surface area contributed by atoms with Crippen LogP contribution >= 0.6 is 0 Å². The number of rotatable bonds is 3. The summed E-state index contributed by atoms with van der Waals surface area (Å²) in [7, 11) is 3.91. The highest BCUT2D eigenvalue weighted by Gasteiger charge is 2.46. The van der Waals surface area contributed by atoms with E-state index in [0.717, 1.165) is 5.56 Å². The largest absolute Gasteiger partial charge is 0.494 e. The van der Waals surface area contributed by atoms with E-state index in [1.54, 1.807) is 6.08 Å². The zero-order valence-electron chi connectivity index (χ0n) is 19.1. The Morgan fingerprint density at radius 1 is 0.969 bits per heavy atom. The van der Waals surface area contributed by atoms with Crippen LogP contribution in [0.25, 0.3) is 0 Å². The van der Waals surface area contributed by atoms with Gasteiger partial charge in [-0.15, -0.1) is 0 Å². The van der Waals surface area contributed by atoms with Gasteiger partial charge in [0.2, 0.25) is 0 Å². The van der Waals surface area contributed by atoms with Crippen LogP contribution in [0.5, 0.6) is 5.75 Å². The van der Waals surface area contributed by atoms with Gasteiger partial charge in [-0.2, -0.15) is 0 Å². The number of nitrogens with one attached hydrogen (secondary N) is 1. The molecule has 1 atom stereocenters. The van der Waals surface area contributed by atoms with Gasteiger partial charge in [0.1, 0.15) is 11.8 Å². The van der Waals surface area contributed by atoms with E-state index < -0.39 is 23.4 Å². The van der Waals surface area contributed by atoms with Crippen molar-refractivity contribution in [2.45, 2.75) is 44.6 Å². The minimum Gasteiger partial charge on any atom is -0.494 e. The maximum atomic E-state index is 12.6. The van der Waals surface area contributed by atoms with Gasteiger partial charge in [0, 0.05) is 0 Å². The summed E-state index contributed by atoms with van der Waals surface area (Å²) in [5.74, 6) is -0.834. The Bertz CT molecular complexity index is 772. The number of methoxy groups -OCH3 is 3. The van der Waals surface area contributed by atoms with Gasteiger partial charge < -0.3 is 24.3 Å². The summed E-state index contributed by atoms with van der Waals surface area (Å²) in [6.45, 7) is 0.973. The molecular formula is C24H33NO7. The Labute approximate surface area is 189 Å². The first-order chi connectivity index (χ1) is 15.5. The fourth-order valence-corrected chi connectivity index (χ4v) is 3.75. The number of allylic oxidation sites excluding steroid dienone is 1. The summed E-state index contributed by atoms with van der Waals surface area (Å²) in [6.07, 6.45) is 6.50. The molecule has 0 fully saturated rings. The van der Waals surface area contributed by atoms with E-state index in [2.05, 4.69) is 5.32 Å². The van der Waals surface area contributed by atoms with E-state index in [1.807, 2.05) is 30.3 Å². The molecule has 0 unspecified atom stereocenters. The molecule has 2 aliphatic rings. The first kappa shape index (κ1) is 25.4. The lowest BCUT2D eigenvalue weighted by Crippen LogP contribution is -2.41. The van der Waals surface area contributed by atoms with Crippen molar-refractivity contribution in [1.82, 2.24) is 5.32 Å². The molecule has 0 radical (unpaired) electrons. The lowest BCUT2D eigenvalue weighted by atomic mass is 9.79. The Hall–Kier alpha value is -2.87. The number of carbonyl (C=O) groups excluding carboxylic acids is 3. The molecule has 0 aliphatic carbocycles. The van der Waals surface area contributed by atoms with E-state index >= 15 is 0 Å². The zero-order valence-corrected chi connectivity index (χ0v) is 19.1. The molecule has 0 spiro atoms. The minimum atomic E-state index is -1.39. The molecule has 1 N–H and O–H groups in total. The van der Waals surface area contributed by atoms with Crippen LogP contribution in [0.4, 0.5) is 0 Å². The molecule has 1 aromatic rings. The van der Waals surface area contributed by atoms with Crippen LogP contribution in [-0.4, -0.2) is 58.4 Å². The third-order valence-corrected chi connectivity index (χ3v) is 5.60. The van der Waals surface area contributed by atoms with Crippen molar-refractivity contribution >= 4 is 17.9 Å². The lowest BCUT2D eigenvalue weighted by Gasteiger charge is -2.27. The van der Waals surface area contributed by atoms with Crippen molar-refractivity contribution in [3.05, 3.63) is 42.0 Å². The molecule has 2 heterocycles. The highest BCUT2D eigenvalue weighted by Crippen LogP contribution is 2.33. The molecule has 8 heteroatoms. The van der Waals surface area contributed by atoms with Crippen LogP contribution in [0.2, 0.25) is 0 Å². The quantitative estimate of drug-likeness (QED) is 0.327. The third-order valence-electron chi connectivity index (χ3n) is 5.60. The Morgan fingerprint density at radius 3 is 2.28 bits per heavy atom.